The van der Waals surface area contributed by atoms with E-state index >= 15 is 0 Å². The molecule has 2 aliphatic heterocycles. The molecule has 7 bridgehead atoms. The molecule has 2 saturated heterocycles. The van der Waals surface area contributed by atoms with Crippen LogP contribution < -0.4 is 0 Å². The predicted octanol–water partition coefficient (Wildman–Crippen LogP) is 1.35. The van der Waals surface area contributed by atoms with E-state index in [1.165, 1.54) is 6.92 Å². The lowest BCUT2D eigenvalue weighted by Crippen LogP contribution is -2.85. The molecular formula is C27H41NO8. The van der Waals surface area contributed by atoms with Gasteiger partial charge in [0.2, 0.25) is 0 Å². The lowest BCUT2D eigenvalue weighted by molar-refractivity contribution is -0.332. The third kappa shape index (κ3) is 2.16. The number of methoxy groups -OCH3 is 3. The minimum atomic E-state index is -1.16. The van der Waals surface area contributed by atoms with Crippen LogP contribution in [0.4, 0.5) is 0 Å². The highest BCUT2D eigenvalue weighted by Gasteiger charge is 2.97. The van der Waals surface area contributed by atoms with Gasteiger partial charge in [0.15, 0.2) is 5.60 Å². The smallest absolute Gasteiger partial charge is 0.303 e. The van der Waals surface area contributed by atoms with Crippen molar-refractivity contribution in [3.8, 4) is 0 Å². The average Bonchev–Trinajstić information content (AvgIpc) is 3.40. The second-order valence-corrected chi connectivity index (χ2v) is 12.9. The first-order chi connectivity index (χ1) is 17.2. The van der Waals surface area contributed by atoms with Gasteiger partial charge >= 0.3 is 5.97 Å². The van der Waals surface area contributed by atoms with Crippen LogP contribution in [0.25, 0.3) is 0 Å². The number of rotatable bonds is 5. The highest BCUT2D eigenvalue weighted by atomic mass is 16.7. The predicted molar refractivity (Wildman–Crippen MR) is 126 cm³/mol. The minimum Gasteiger partial charge on any atom is -0.459 e. The van der Waals surface area contributed by atoms with Gasteiger partial charge in [0.25, 0.3) is 0 Å². The van der Waals surface area contributed by atoms with Crippen LogP contribution in [0.2, 0.25) is 0 Å². The van der Waals surface area contributed by atoms with E-state index < -0.39 is 28.3 Å². The summed E-state index contributed by atoms with van der Waals surface area (Å²) < 4.78 is 38.7. The van der Waals surface area contributed by atoms with Gasteiger partial charge in [0.05, 0.1) is 35.4 Å². The Hall–Kier alpha value is -0.810. The second kappa shape index (κ2) is 7.23. The Kier molecular flexibility index (Phi) is 4.87. The number of esters is 1. The van der Waals surface area contributed by atoms with Gasteiger partial charge in [-0.05, 0) is 31.2 Å². The fraction of sp³-hybridized carbons (Fsp3) is 0.963. The third-order valence-corrected chi connectivity index (χ3v) is 12.2. The first kappa shape index (κ1) is 24.2. The van der Waals surface area contributed by atoms with Crippen LogP contribution in [0, 0.1) is 28.6 Å². The van der Waals surface area contributed by atoms with E-state index in [1.54, 1.807) is 21.3 Å². The molecule has 7 aliphatic rings. The molecule has 5 aliphatic carbocycles. The lowest BCUT2D eigenvalue weighted by atomic mass is 9.41. The van der Waals surface area contributed by atoms with Crippen molar-refractivity contribution >= 4 is 5.97 Å². The second-order valence-electron chi connectivity index (χ2n) is 12.9. The third-order valence-electron chi connectivity index (χ3n) is 12.2. The van der Waals surface area contributed by atoms with Gasteiger partial charge in [-0.3, -0.25) is 9.69 Å². The zero-order valence-electron chi connectivity index (χ0n) is 22.3. The molecule has 5 saturated carbocycles. The molecule has 7 rings (SSSR count). The highest BCUT2D eigenvalue weighted by molar-refractivity contribution is 5.67. The Morgan fingerprint density at radius 1 is 1.11 bits per heavy atom. The van der Waals surface area contributed by atoms with Crippen LogP contribution in [-0.4, -0.2) is 104 Å². The maximum absolute atomic E-state index is 13.4. The van der Waals surface area contributed by atoms with Crippen molar-refractivity contribution in [3.63, 3.8) is 0 Å². The Bertz CT molecular complexity index is 979. The summed E-state index contributed by atoms with van der Waals surface area (Å²) in [5.74, 6) is -0.771. The standard InChI is InChI=1S/C27H41NO8/c1-7-28-12-23(3)9-8-17(32-5)26-20(23)21(36-14(2)29)27(22(26)28)25(34-13-35-27)11-16(31-4)15-10-24(26,30)19(25)18(15)33-6/h15-22,30H,7-13H2,1-6H3/t15-,16+,17+,18+,19+,20-,21+,22?,23+,24+,25-,26-,27+/m1/s1. The van der Waals surface area contributed by atoms with Crippen molar-refractivity contribution in [1.29, 1.82) is 0 Å². The van der Waals surface area contributed by atoms with Crippen LogP contribution in [0.5, 0.6) is 0 Å². The molecule has 1 N–H and O–H groups in total. The number of carbonyl (C=O) groups excluding carboxylic acids is 1. The summed E-state index contributed by atoms with van der Waals surface area (Å²) in [6, 6.07) is -0.224. The van der Waals surface area contributed by atoms with Crippen LogP contribution in [0.1, 0.15) is 46.5 Å². The van der Waals surface area contributed by atoms with Gasteiger partial charge in [-0.1, -0.05) is 13.8 Å². The number of fused-ring (bicyclic) bond motifs is 1. The molecule has 7 fully saturated rings. The maximum atomic E-state index is 13.4. The minimum absolute atomic E-state index is 0.0317. The fourth-order valence-electron chi connectivity index (χ4n) is 11.7. The van der Waals surface area contributed by atoms with E-state index in [1.807, 2.05) is 0 Å². The molecule has 0 aromatic heterocycles. The molecule has 202 valence electrons. The molecule has 1 unspecified atom stereocenters. The summed E-state index contributed by atoms with van der Waals surface area (Å²) in [6.07, 6.45) is 1.69. The Morgan fingerprint density at radius 3 is 2.53 bits per heavy atom. The molecule has 36 heavy (non-hydrogen) atoms. The molecule has 0 radical (unpaired) electrons. The monoisotopic (exact) mass is 507 g/mol. The number of likely N-dealkylation sites (tertiary alicyclic amines) is 1. The summed E-state index contributed by atoms with van der Waals surface area (Å²) in [5.41, 5.74) is -3.94. The lowest BCUT2D eigenvalue weighted by Gasteiger charge is -2.71. The maximum Gasteiger partial charge on any atom is 0.303 e. The number of ether oxygens (including phenoxy) is 6. The highest BCUT2D eigenvalue weighted by Crippen LogP contribution is 2.83. The van der Waals surface area contributed by atoms with Crippen LogP contribution in [0.3, 0.4) is 0 Å². The SMILES string of the molecule is CCN1C[C@]2(C)CC[C@H](OC)[C@@]34C1[C@@]1(OCO[C@@]15C[C@H](OC)[C@H]1C[C@]3(O)[C@@H]5[C@H]1OC)[C@@H](OC(C)=O)[C@H]24. The number of carbonyl (C=O) groups is 1. The van der Waals surface area contributed by atoms with Crippen molar-refractivity contribution in [2.45, 2.75) is 93.7 Å². The summed E-state index contributed by atoms with van der Waals surface area (Å²) >= 11 is 0. The van der Waals surface area contributed by atoms with Gasteiger partial charge < -0.3 is 33.5 Å². The average molecular weight is 508 g/mol. The number of nitrogens with zero attached hydrogens (tertiary/aromatic N) is 1. The molecule has 0 aromatic carbocycles. The summed E-state index contributed by atoms with van der Waals surface area (Å²) in [5, 5.41) is 13.4. The summed E-state index contributed by atoms with van der Waals surface area (Å²) in [7, 11) is 5.23. The van der Waals surface area contributed by atoms with E-state index in [0.717, 1.165) is 25.9 Å². The topological polar surface area (TPSA) is 95.9 Å². The molecular weight excluding hydrogens is 466 g/mol. The summed E-state index contributed by atoms with van der Waals surface area (Å²) in [6.45, 7) is 7.72. The molecule has 13 atom stereocenters. The number of aliphatic hydroxyl groups is 1. The molecule has 9 heteroatoms. The van der Waals surface area contributed by atoms with Crippen molar-refractivity contribution in [3.05, 3.63) is 0 Å². The Morgan fingerprint density at radius 2 is 1.89 bits per heavy atom. The van der Waals surface area contributed by atoms with Crippen molar-refractivity contribution in [1.82, 2.24) is 4.90 Å². The molecule has 2 heterocycles. The zero-order valence-corrected chi connectivity index (χ0v) is 22.3. The van der Waals surface area contributed by atoms with Gasteiger partial charge in [0, 0.05) is 59.0 Å². The fourth-order valence-corrected chi connectivity index (χ4v) is 11.7. The first-order valence-electron chi connectivity index (χ1n) is 13.7. The molecule has 3 spiro atoms. The quantitative estimate of drug-likeness (QED) is 0.553. The number of likely N-dealkylation sites (N-methyl/N-ethyl adjacent to an activating group) is 1. The molecule has 0 amide bonds. The van der Waals surface area contributed by atoms with E-state index in [0.29, 0.717) is 12.8 Å². The number of hydrogen-bond donors (Lipinski definition) is 1. The van der Waals surface area contributed by atoms with Crippen molar-refractivity contribution < 1.29 is 38.3 Å². The van der Waals surface area contributed by atoms with Crippen LogP contribution in [-0.2, 0) is 33.2 Å². The van der Waals surface area contributed by atoms with Crippen LogP contribution >= 0.6 is 0 Å². The normalized spacial score (nSPS) is 60.2. The largest absolute Gasteiger partial charge is 0.459 e. The van der Waals surface area contributed by atoms with E-state index in [9.17, 15) is 9.90 Å². The van der Waals surface area contributed by atoms with Crippen molar-refractivity contribution in [2.24, 2.45) is 28.6 Å². The van der Waals surface area contributed by atoms with E-state index in [-0.39, 0.29) is 60.3 Å². The number of hydrogen-bond acceptors (Lipinski definition) is 9. The van der Waals surface area contributed by atoms with E-state index in [2.05, 4.69) is 18.7 Å². The van der Waals surface area contributed by atoms with Gasteiger partial charge in [0.1, 0.15) is 18.5 Å². The molecule has 0 aromatic rings. The zero-order chi connectivity index (χ0) is 25.5. The van der Waals surface area contributed by atoms with Gasteiger partial charge in [-0.2, -0.15) is 0 Å². The first-order valence-corrected chi connectivity index (χ1v) is 13.7. The Labute approximate surface area is 213 Å². The molecule has 9 nitrogen and oxygen atoms in total. The van der Waals surface area contributed by atoms with Gasteiger partial charge in [-0.15, -0.1) is 0 Å². The number of piperidine rings is 1. The van der Waals surface area contributed by atoms with Gasteiger partial charge in [-0.25, -0.2) is 0 Å². The van der Waals surface area contributed by atoms with Crippen LogP contribution in [0.15, 0.2) is 0 Å². The van der Waals surface area contributed by atoms with Crippen molar-refractivity contribution in [2.75, 3.05) is 41.2 Å². The Balaban J connectivity index is 1.61. The van der Waals surface area contributed by atoms with E-state index in [4.69, 9.17) is 28.4 Å². The summed E-state index contributed by atoms with van der Waals surface area (Å²) in [4.78, 5) is 15.3.